The molecule has 1 aliphatic rings. The Morgan fingerprint density at radius 1 is 0.966 bits per heavy atom. The number of aromatic nitrogens is 2. The van der Waals surface area contributed by atoms with Crippen molar-refractivity contribution in [1.29, 1.82) is 0 Å². The Balaban J connectivity index is 1.39. The van der Waals surface area contributed by atoms with Crippen molar-refractivity contribution in [3.8, 4) is 11.6 Å². The van der Waals surface area contributed by atoms with Crippen LogP contribution in [0.2, 0.25) is 10.0 Å². The summed E-state index contributed by atoms with van der Waals surface area (Å²) in [5, 5.41) is 1.44. The van der Waals surface area contributed by atoms with Gasteiger partial charge in [0.15, 0.2) is 0 Å². The minimum atomic E-state index is 0.398. The first kappa shape index (κ1) is 20.0. The van der Waals surface area contributed by atoms with E-state index in [4.69, 9.17) is 27.9 Å². The minimum Gasteiger partial charge on any atom is -0.439 e. The molecule has 2 heterocycles. The number of nitrogens with zero attached hydrogens (tertiary/aromatic N) is 4. The van der Waals surface area contributed by atoms with Crippen LogP contribution >= 0.6 is 23.2 Å². The SMILES string of the molecule is C[C@@H]1CN(c2cc(Oc3ccc(Cl)cc3)ncn2)CCN1Cc1ccc(Cl)cc1. The number of benzene rings is 2. The zero-order chi connectivity index (χ0) is 20.2. The third-order valence-electron chi connectivity index (χ3n) is 5.05. The van der Waals surface area contributed by atoms with E-state index < -0.39 is 0 Å². The van der Waals surface area contributed by atoms with E-state index in [0.29, 0.717) is 22.7 Å². The fourth-order valence-electron chi connectivity index (χ4n) is 3.44. The van der Waals surface area contributed by atoms with Crippen LogP contribution in [-0.2, 0) is 6.54 Å². The summed E-state index contributed by atoms with van der Waals surface area (Å²) in [5.74, 6) is 2.09. The van der Waals surface area contributed by atoms with E-state index in [2.05, 4.69) is 38.8 Å². The minimum absolute atomic E-state index is 0.398. The normalized spacial score (nSPS) is 17.3. The zero-order valence-corrected chi connectivity index (χ0v) is 17.6. The lowest BCUT2D eigenvalue weighted by molar-refractivity contribution is 0.180. The van der Waals surface area contributed by atoms with Crippen LogP contribution in [0.5, 0.6) is 11.6 Å². The second kappa shape index (κ2) is 8.99. The second-order valence-corrected chi connectivity index (χ2v) is 8.04. The highest BCUT2D eigenvalue weighted by atomic mass is 35.5. The Morgan fingerprint density at radius 3 is 2.34 bits per heavy atom. The molecular formula is C22H22Cl2N4O. The number of hydrogen-bond acceptors (Lipinski definition) is 5. The van der Waals surface area contributed by atoms with Crippen LogP contribution in [0, 0.1) is 0 Å². The molecule has 0 N–H and O–H groups in total. The standard InChI is InChI=1S/C22H22Cl2N4O/c1-16-13-28(11-10-27(16)14-17-2-4-18(23)5-3-17)21-12-22(26-15-25-21)29-20-8-6-19(24)7-9-20/h2-9,12,15-16H,10-11,13-14H2,1H3/t16-/m1/s1. The van der Waals surface area contributed by atoms with Crippen LogP contribution in [0.1, 0.15) is 12.5 Å². The van der Waals surface area contributed by atoms with Crippen molar-refractivity contribution in [3.05, 3.63) is 76.5 Å². The van der Waals surface area contributed by atoms with Crippen molar-refractivity contribution in [2.24, 2.45) is 0 Å². The Labute approximate surface area is 180 Å². The van der Waals surface area contributed by atoms with Gasteiger partial charge in [0.2, 0.25) is 5.88 Å². The molecule has 1 atom stereocenters. The van der Waals surface area contributed by atoms with Gasteiger partial charge in [-0.25, -0.2) is 9.97 Å². The molecule has 0 unspecified atom stereocenters. The molecule has 0 saturated carbocycles. The van der Waals surface area contributed by atoms with Crippen molar-refractivity contribution in [2.45, 2.75) is 19.5 Å². The van der Waals surface area contributed by atoms with Gasteiger partial charge in [-0.3, -0.25) is 4.90 Å². The molecule has 7 heteroatoms. The van der Waals surface area contributed by atoms with Gasteiger partial charge in [-0.05, 0) is 48.9 Å². The van der Waals surface area contributed by atoms with Gasteiger partial charge < -0.3 is 9.64 Å². The molecule has 0 radical (unpaired) electrons. The Kier molecular flexibility index (Phi) is 6.19. The lowest BCUT2D eigenvalue weighted by Crippen LogP contribution is -2.51. The summed E-state index contributed by atoms with van der Waals surface area (Å²) < 4.78 is 5.84. The number of halogens is 2. The van der Waals surface area contributed by atoms with Crippen LogP contribution in [0.15, 0.2) is 60.9 Å². The molecule has 1 fully saturated rings. The summed E-state index contributed by atoms with van der Waals surface area (Å²) in [6.07, 6.45) is 1.55. The Bertz CT molecular complexity index is 950. The lowest BCUT2D eigenvalue weighted by Gasteiger charge is -2.40. The molecule has 29 heavy (non-hydrogen) atoms. The fourth-order valence-corrected chi connectivity index (χ4v) is 3.70. The van der Waals surface area contributed by atoms with Gasteiger partial charge in [-0.1, -0.05) is 35.3 Å². The first-order valence-electron chi connectivity index (χ1n) is 9.56. The number of rotatable bonds is 5. The number of piperazine rings is 1. The van der Waals surface area contributed by atoms with Gasteiger partial charge in [-0.2, -0.15) is 0 Å². The molecule has 0 aliphatic carbocycles. The van der Waals surface area contributed by atoms with Crippen molar-refractivity contribution in [2.75, 3.05) is 24.5 Å². The Morgan fingerprint density at radius 2 is 1.66 bits per heavy atom. The topological polar surface area (TPSA) is 41.5 Å². The predicted molar refractivity (Wildman–Crippen MR) is 117 cm³/mol. The molecule has 0 spiro atoms. The van der Waals surface area contributed by atoms with Gasteiger partial charge in [0.25, 0.3) is 0 Å². The first-order valence-corrected chi connectivity index (χ1v) is 10.3. The van der Waals surface area contributed by atoms with Gasteiger partial charge in [-0.15, -0.1) is 0 Å². The maximum atomic E-state index is 5.99. The highest BCUT2D eigenvalue weighted by Crippen LogP contribution is 2.25. The van der Waals surface area contributed by atoms with Gasteiger partial charge in [0, 0.05) is 48.3 Å². The average molecular weight is 429 g/mol. The molecule has 1 saturated heterocycles. The quantitative estimate of drug-likeness (QED) is 0.552. The average Bonchev–Trinajstić information content (AvgIpc) is 2.73. The summed E-state index contributed by atoms with van der Waals surface area (Å²) in [6.45, 7) is 5.91. The summed E-state index contributed by atoms with van der Waals surface area (Å²) >= 11 is 11.9. The van der Waals surface area contributed by atoms with E-state index in [1.807, 2.05) is 30.3 Å². The van der Waals surface area contributed by atoms with Crippen molar-refractivity contribution < 1.29 is 4.74 Å². The highest BCUT2D eigenvalue weighted by Gasteiger charge is 2.25. The monoisotopic (exact) mass is 428 g/mol. The van der Waals surface area contributed by atoms with Crippen LogP contribution in [-0.4, -0.2) is 40.5 Å². The van der Waals surface area contributed by atoms with Crippen molar-refractivity contribution >= 4 is 29.0 Å². The predicted octanol–water partition coefficient (Wildman–Crippen LogP) is 5.29. The van der Waals surface area contributed by atoms with Crippen LogP contribution < -0.4 is 9.64 Å². The lowest BCUT2D eigenvalue weighted by atomic mass is 10.1. The molecule has 5 nitrogen and oxygen atoms in total. The van der Waals surface area contributed by atoms with E-state index in [0.717, 1.165) is 37.0 Å². The number of hydrogen-bond donors (Lipinski definition) is 0. The summed E-state index contributed by atoms with van der Waals surface area (Å²) in [7, 11) is 0. The summed E-state index contributed by atoms with van der Waals surface area (Å²) in [6, 6.07) is 17.6. The Hall–Kier alpha value is -2.34. The van der Waals surface area contributed by atoms with Crippen molar-refractivity contribution in [3.63, 3.8) is 0 Å². The van der Waals surface area contributed by atoms with Crippen molar-refractivity contribution in [1.82, 2.24) is 14.9 Å². The number of anilines is 1. The van der Waals surface area contributed by atoms with E-state index in [9.17, 15) is 0 Å². The molecule has 150 valence electrons. The van der Waals surface area contributed by atoms with Gasteiger partial charge in [0.05, 0.1) is 0 Å². The summed E-state index contributed by atoms with van der Waals surface area (Å²) in [5.41, 5.74) is 1.27. The summed E-state index contributed by atoms with van der Waals surface area (Å²) in [4.78, 5) is 13.4. The fraction of sp³-hybridized carbons (Fsp3) is 0.273. The highest BCUT2D eigenvalue weighted by molar-refractivity contribution is 6.30. The third kappa shape index (κ3) is 5.18. The van der Waals surface area contributed by atoms with Gasteiger partial charge >= 0.3 is 0 Å². The van der Waals surface area contributed by atoms with Crippen LogP contribution in [0.4, 0.5) is 5.82 Å². The molecule has 3 aromatic rings. The third-order valence-corrected chi connectivity index (χ3v) is 5.56. The molecular weight excluding hydrogens is 407 g/mol. The first-order chi connectivity index (χ1) is 14.1. The molecule has 4 rings (SSSR count). The zero-order valence-electron chi connectivity index (χ0n) is 16.1. The molecule has 0 bridgehead atoms. The largest absolute Gasteiger partial charge is 0.439 e. The second-order valence-electron chi connectivity index (χ2n) is 7.16. The van der Waals surface area contributed by atoms with E-state index in [1.54, 1.807) is 18.5 Å². The molecule has 0 amide bonds. The van der Waals surface area contributed by atoms with Crippen LogP contribution in [0.3, 0.4) is 0 Å². The van der Waals surface area contributed by atoms with E-state index in [1.165, 1.54) is 5.56 Å². The smallest absolute Gasteiger partial charge is 0.224 e. The maximum absolute atomic E-state index is 5.99. The van der Waals surface area contributed by atoms with E-state index in [-0.39, 0.29) is 0 Å². The van der Waals surface area contributed by atoms with Gasteiger partial charge in [0.1, 0.15) is 17.9 Å². The molecule has 2 aromatic carbocycles. The molecule has 1 aromatic heterocycles. The maximum Gasteiger partial charge on any atom is 0.224 e. The number of ether oxygens (including phenoxy) is 1. The van der Waals surface area contributed by atoms with E-state index >= 15 is 0 Å². The molecule has 1 aliphatic heterocycles. The van der Waals surface area contributed by atoms with Crippen LogP contribution in [0.25, 0.3) is 0 Å².